The average molecular weight is 346 g/mol. The summed E-state index contributed by atoms with van der Waals surface area (Å²) in [6.45, 7) is 3.25. The number of amides is 2. The van der Waals surface area contributed by atoms with Gasteiger partial charge in [-0.3, -0.25) is 4.79 Å². The second kappa shape index (κ2) is 7.87. The third kappa shape index (κ3) is 3.95. The van der Waals surface area contributed by atoms with Gasteiger partial charge in [-0.1, -0.05) is 30.3 Å². The van der Waals surface area contributed by atoms with Crippen LogP contribution in [-0.4, -0.2) is 61.7 Å². The Morgan fingerprint density at radius 1 is 1.20 bits per heavy atom. The van der Waals surface area contributed by atoms with Crippen LogP contribution in [0.15, 0.2) is 30.3 Å². The van der Waals surface area contributed by atoms with Crippen molar-refractivity contribution in [3.63, 3.8) is 0 Å². The number of carbonyl (C=O) groups excluding carboxylic acids is 2. The molecule has 0 aromatic heterocycles. The molecule has 6 heteroatoms. The number of methoxy groups -OCH3 is 1. The summed E-state index contributed by atoms with van der Waals surface area (Å²) in [5.41, 5.74) is 0.529. The Labute approximate surface area is 148 Å². The van der Waals surface area contributed by atoms with Gasteiger partial charge in [-0.05, 0) is 24.8 Å². The van der Waals surface area contributed by atoms with Crippen molar-refractivity contribution in [3.05, 3.63) is 35.9 Å². The summed E-state index contributed by atoms with van der Waals surface area (Å²) in [6, 6.07) is 9.63. The minimum Gasteiger partial charge on any atom is -0.445 e. The first kappa shape index (κ1) is 17.7. The molecule has 25 heavy (non-hydrogen) atoms. The minimum atomic E-state index is -0.433. The Kier molecular flexibility index (Phi) is 5.58. The molecule has 0 unspecified atom stereocenters. The molecule has 0 saturated carbocycles. The van der Waals surface area contributed by atoms with Crippen LogP contribution >= 0.6 is 0 Å². The predicted molar refractivity (Wildman–Crippen MR) is 92.9 cm³/mol. The zero-order chi connectivity index (χ0) is 17.7. The van der Waals surface area contributed by atoms with E-state index in [2.05, 4.69) is 0 Å². The SMILES string of the molecule is COCCN1CCC[C@@]2(CCN(C(=O)OCc3ccccc3)C2)C1=O. The fourth-order valence-electron chi connectivity index (χ4n) is 3.78. The Balaban J connectivity index is 1.56. The Morgan fingerprint density at radius 2 is 2.00 bits per heavy atom. The van der Waals surface area contributed by atoms with Crippen LogP contribution in [0.1, 0.15) is 24.8 Å². The molecule has 1 atom stereocenters. The van der Waals surface area contributed by atoms with E-state index in [0.717, 1.165) is 31.4 Å². The average Bonchev–Trinajstić information content (AvgIpc) is 3.07. The quantitative estimate of drug-likeness (QED) is 0.821. The van der Waals surface area contributed by atoms with E-state index in [9.17, 15) is 9.59 Å². The number of rotatable bonds is 5. The first-order valence-corrected chi connectivity index (χ1v) is 8.88. The van der Waals surface area contributed by atoms with Gasteiger partial charge in [0.1, 0.15) is 6.61 Å². The second-order valence-electron chi connectivity index (χ2n) is 6.88. The monoisotopic (exact) mass is 346 g/mol. The molecule has 136 valence electrons. The van der Waals surface area contributed by atoms with E-state index < -0.39 is 5.41 Å². The third-order valence-electron chi connectivity index (χ3n) is 5.21. The lowest BCUT2D eigenvalue weighted by Gasteiger charge is -2.39. The fourth-order valence-corrected chi connectivity index (χ4v) is 3.78. The molecule has 0 N–H and O–H groups in total. The van der Waals surface area contributed by atoms with Gasteiger partial charge in [-0.2, -0.15) is 0 Å². The Bertz CT molecular complexity index is 607. The van der Waals surface area contributed by atoms with Crippen molar-refractivity contribution in [1.29, 1.82) is 0 Å². The van der Waals surface area contributed by atoms with Gasteiger partial charge in [0, 0.05) is 33.3 Å². The molecule has 2 aliphatic heterocycles. The molecule has 2 saturated heterocycles. The maximum Gasteiger partial charge on any atom is 0.410 e. The van der Waals surface area contributed by atoms with Crippen LogP contribution in [0.25, 0.3) is 0 Å². The maximum atomic E-state index is 12.9. The van der Waals surface area contributed by atoms with E-state index in [1.165, 1.54) is 0 Å². The number of hydrogen-bond acceptors (Lipinski definition) is 4. The van der Waals surface area contributed by atoms with E-state index in [0.29, 0.717) is 26.2 Å². The molecule has 6 nitrogen and oxygen atoms in total. The lowest BCUT2D eigenvalue weighted by Crippen LogP contribution is -2.51. The lowest BCUT2D eigenvalue weighted by atomic mass is 9.78. The van der Waals surface area contributed by atoms with Gasteiger partial charge >= 0.3 is 6.09 Å². The molecule has 2 aliphatic rings. The molecule has 1 aromatic carbocycles. The van der Waals surface area contributed by atoms with E-state index >= 15 is 0 Å². The first-order valence-electron chi connectivity index (χ1n) is 8.88. The van der Waals surface area contributed by atoms with Crippen molar-refractivity contribution in [3.8, 4) is 0 Å². The van der Waals surface area contributed by atoms with Crippen LogP contribution in [-0.2, 0) is 20.9 Å². The van der Waals surface area contributed by atoms with Crippen LogP contribution < -0.4 is 0 Å². The van der Waals surface area contributed by atoms with Gasteiger partial charge in [0.15, 0.2) is 0 Å². The zero-order valence-electron chi connectivity index (χ0n) is 14.8. The lowest BCUT2D eigenvalue weighted by molar-refractivity contribution is -0.146. The van der Waals surface area contributed by atoms with Gasteiger partial charge in [0.05, 0.1) is 12.0 Å². The zero-order valence-corrected chi connectivity index (χ0v) is 14.8. The number of nitrogens with zero attached hydrogens (tertiary/aromatic N) is 2. The number of ether oxygens (including phenoxy) is 2. The largest absolute Gasteiger partial charge is 0.445 e. The van der Waals surface area contributed by atoms with Crippen molar-refractivity contribution in [2.45, 2.75) is 25.9 Å². The molecule has 0 bridgehead atoms. The summed E-state index contributed by atoms with van der Waals surface area (Å²) in [5, 5.41) is 0. The number of piperidine rings is 1. The van der Waals surface area contributed by atoms with E-state index in [4.69, 9.17) is 9.47 Å². The minimum absolute atomic E-state index is 0.161. The summed E-state index contributed by atoms with van der Waals surface area (Å²) < 4.78 is 10.5. The molecule has 0 radical (unpaired) electrons. The van der Waals surface area contributed by atoms with Crippen LogP contribution in [0.5, 0.6) is 0 Å². The third-order valence-corrected chi connectivity index (χ3v) is 5.21. The highest BCUT2D eigenvalue weighted by molar-refractivity contribution is 5.85. The number of hydrogen-bond donors (Lipinski definition) is 0. The molecule has 2 fully saturated rings. The van der Waals surface area contributed by atoms with Gasteiger partial charge < -0.3 is 19.3 Å². The van der Waals surface area contributed by atoms with Crippen molar-refractivity contribution in [2.75, 3.05) is 39.9 Å². The van der Waals surface area contributed by atoms with Gasteiger partial charge in [0.2, 0.25) is 5.91 Å². The van der Waals surface area contributed by atoms with Crippen LogP contribution in [0, 0.1) is 5.41 Å². The molecule has 2 amide bonds. The van der Waals surface area contributed by atoms with Crippen LogP contribution in [0.2, 0.25) is 0 Å². The van der Waals surface area contributed by atoms with Gasteiger partial charge in [-0.25, -0.2) is 4.79 Å². The van der Waals surface area contributed by atoms with E-state index in [1.807, 2.05) is 35.2 Å². The number of benzene rings is 1. The van der Waals surface area contributed by atoms with E-state index in [-0.39, 0.29) is 18.6 Å². The fraction of sp³-hybridized carbons (Fsp3) is 0.579. The summed E-state index contributed by atoms with van der Waals surface area (Å²) in [7, 11) is 1.64. The van der Waals surface area contributed by atoms with Crippen molar-refractivity contribution >= 4 is 12.0 Å². The maximum absolute atomic E-state index is 12.9. The Hall–Kier alpha value is -2.08. The smallest absolute Gasteiger partial charge is 0.410 e. The number of carbonyl (C=O) groups is 2. The molecule has 0 aliphatic carbocycles. The molecule has 3 rings (SSSR count). The van der Waals surface area contributed by atoms with Crippen LogP contribution in [0.3, 0.4) is 0 Å². The topological polar surface area (TPSA) is 59.1 Å². The molecule has 1 aromatic rings. The summed E-state index contributed by atoms with van der Waals surface area (Å²) in [6.07, 6.45) is 2.21. The molecular weight excluding hydrogens is 320 g/mol. The van der Waals surface area contributed by atoms with Crippen molar-refractivity contribution in [1.82, 2.24) is 9.80 Å². The standard InChI is InChI=1S/C19H26N2O4/c1-24-13-12-20-10-5-8-19(17(20)22)9-11-21(15-19)18(23)25-14-16-6-3-2-4-7-16/h2-4,6-7H,5,8-15H2,1H3/t19-/m0/s1. The van der Waals surface area contributed by atoms with E-state index in [1.54, 1.807) is 12.0 Å². The highest BCUT2D eigenvalue weighted by atomic mass is 16.6. The second-order valence-corrected chi connectivity index (χ2v) is 6.88. The molecule has 2 heterocycles. The normalized spacial score (nSPS) is 23.3. The molecule has 1 spiro atoms. The highest BCUT2D eigenvalue weighted by Crippen LogP contribution is 2.40. The van der Waals surface area contributed by atoms with Crippen molar-refractivity contribution < 1.29 is 19.1 Å². The summed E-state index contributed by atoms with van der Waals surface area (Å²) in [4.78, 5) is 28.8. The number of likely N-dealkylation sites (tertiary alicyclic amines) is 2. The van der Waals surface area contributed by atoms with Crippen molar-refractivity contribution in [2.24, 2.45) is 5.41 Å². The molecular formula is C19H26N2O4. The summed E-state index contributed by atoms with van der Waals surface area (Å²) in [5.74, 6) is 0.161. The van der Waals surface area contributed by atoms with Gasteiger partial charge in [0.25, 0.3) is 0 Å². The predicted octanol–water partition coefficient (Wildman–Crippen LogP) is 2.28. The first-order chi connectivity index (χ1) is 12.1. The summed E-state index contributed by atoms with van der Waals surface area (Å²) >= 11 is 0. The highest BCUT2D eigenvalue weighted by Gasteiger charge is 2.49. The Morgan fingerprint density at radius 3 is 2.76 bits per heavy atom. The van der Waals surface area contributed by atoms with Crippen LogP contribution in [0.4, 0.5) is 4.79 Å². The van der Waals surface area contributed by atoms with Gasteiger partial charge in [-0.15, -0.1) is 0 Å².